The van der Waals surface area contributed by atoms with E-state index in [-0.39, 0.29) is 0 Å². The first-order valence-electron chi connectivity index (χ1n) is 6.47. The Morgan fingerprint density at radius 3 is 2.39 bits per heavy atom. The quantitative estimate of drug-likeness (QED) is 0.543. The molecule has 1 saturated carbocycles. The summed E-state index contributed by atoms with van der Waals surface area (Å²) in [5.41, 5.74) is 4.96. The predicted molar refractivity (Wildman–Crippen MR) is 64.7 cm³/mol. The SMILES string of the molecule is NC(=O)O[C@@H](CC1CCCCC1)[C@@H](O)[C@@H](O)CO. The third-order valence-electron chi connectivity index (χ3n) is 3.52. The lowest BCUT2D eigenvalue weighted by Gasteiger charge is -2.30. The molecule has 6 nitrogen and oxygen atoms in total. The van der Waals surface area contributed by atoms with E-state index in [0.29, 0.717) is 12.3 Å². The lowest BCUT2D eigenvalue weighted by molar-refractivity contribution is -0.0854. The van der Waals surface area contributed by atoms with Gasteiger partial charge in [-0.1, -0.05) is 32.1 Å². The third-order valence-corrected chi connectivity index (χ3v) is 3.52. The standard InChI is InChI=1S/C12H23NO5/c13-12(17)18-10(11(16)9(15)7-14)6-8-4-2-1-3-5-8/h8-11,14-16H,1-7H2,(H2,13,17)/t9-,10-,11-/m0/s1. The summed E-state index contributed by atoms with van der Waals surface area (Å²) in [6, 6.07) is 0. The molecule has 1 amide bonds. The molecule has 1 aliphatic rings. The zero-order chi connectivity index (χ0) is 13.5. The molecule has 0 aromatic heterocycles. The molecule has 0 radical (unpaired) electrons. The Bertz CT molecular complexity index is 255. The number of aliphatic hydroxyl groups is 3. The van der Waals surface area contributed by atoms with Gasteiger partial charge in [-0.05, 0) is 12.3 Å². The van der Waals surface area contributed by atoms with Gasteiger partial charge in [0.15, 0.2) is 0 Å². The molecule has 1 fully saturated rings. The van der Waals surface area contributed by atoms with Crippen molar-refractivity contribution in [3.63, 3.8) is 0 Å². The van der Waals surface area contributed by atoms with E-state index in [9.17, 15) is 15.0 Å². The van der Waals surface area contributed by atoms with E-state index in [1.807, 2.05) is 0 Å². The number of rotatable bonds is 6. The van der Waals surface area contributed by atoms with Crippen LogP contribution in [0.25, 0.3) is 0 Å². The van der Waals surface area contributed by atoms with E-state index in [4.69, 9.17) is 15.6 Å². The number of hydrogen-bond donors (Lipinski definition) is 4. The second-order valence-electron chi connectivity index (χ2n) is 4.96. The van der Waals surface area contributed by atoms with Gasteiger partial charge in [-0.2, -0.15) is 0 Å². The molecule has 0 unspecified atom stereocenters. The maximum absolute atomic E-state index is 10.8. The zero-order valence-electron chi connectivity index (χ0n) is 10.5. The highest BCUT2D eigenvalue weighted by Gasteiger charge is 2.31. The van der Waals surface area contributed by atoms with E-state index in [2.05, 4.69) is 0 Å². The summed E-state index contributed by atoms with van der Waals surface area (Å²) >= 11 is 0. The minimum atomic E-state index is -1.32. The number of amides is 1. The van der Waals surface area contributed by atoms with Crippen molar-refractivity contribution in [2.24, 2.45) is 11.7 Å². The predicted octanol–water partition coefficient (Wildman–Crippen LogP) is 0.135. The molecule has 1 aliphatic carbocycles. The van der Waals surface area contributed by atoms with Crippen LogP contribution in [0.5, 0.6) is 0 Å². The lowest BCUT2D eigenvalue weighted by atomic mass is 9.84. The van der Waals surface area contributed by atoms with Crippen LogP contribution in [0.1, 0.15) is 38.5 Å². The molecule has 0 saturated heterocycles. The van der Waals surface area contributed by atoms with Gasteiger partial charge >= 0.3 is 6.09 Å². The highest BCUT2D eigenvalue weighted by Crippen LogP contribution is 2.29. The minimum absolute atomic E-state index is 0.364. The second kappa shape index (κ2) is 7.56. The highest BCUT2D eigenvalue weighted by atomic mass is 16.6. The molecule has 0 heterocycles. The normalized spacial score (nSPS) is 22.2. The Morgan fingerprint density at radius 2 is 1.89 bits per heavy atom. The maximum atomic E-state index is 10.8. The topological polar surface area (TPSA) is 113 Å². The maximum Gasteiger partial charge on any atom is 0.404 e. The van der Waals surface area contributed by atoms with Crippen molar-refractivity contribution in [3.05, 3.63) is 0 Å². The van der Waals surface area contributed by atoms with Crippen LogP contribution >= 0.6 is 0 Å². The Morgan fingerprint density at radius 1 is 1.28 bits per heavy atom. The Hall–Kier alpha value is -0.850. The van der Waals surface area contributed by atoms with Crippen molar-refractivity contribution in [1.82, 2.24) is 0 Å². The molecule has 0 aliphatic heterocycles. The number of hydrogen-bond acceptors (Lipinski definition) is 5. The molecule has 6 heteroatoms. The average molecular weight is 261 g/mol. The number of primary amides is 1. The van der Waals surface area contributed by atoms with Gasteiger partial charge < -0.3 is 25.8 Å². The van der Waals surface area contributed by atoms with E-state index in [1.165, 1.54) is 6.42 Å². The fraction of sp³-hybridized carbons (Fsp3) is 0.917. The average Bonchev–Trinajstić information content (AvgIpc) is 2.37. The van der Waals surface area contributed by atoms with E-state index in [0.717, 1.165) is 25.7 Å². The monoisotopic (exact) mass is 261 g/mol. The van der Waals surface area contributed by atoms with Crippen molar-refractivity contribution >= 4 is 6.09 Å². The fourth-order valence-corrected chi connectivity index (χ4v) is 2.51. The minimum Gasteiger partial charge on any atom is -0.444 e. The van der Waals surface area contributed by atoms with E-state index in [1.54, 1.807) is 0 Å². The summed E-state index contributed by atoms with van der Waals surface area (Å²) in [6.07, 6.45) is 1.55. The van der Waals surface area contributed by atoms with Gasteiger partial charge in [0.05, 0.1) is 6.61 Å². The smallest absolute Gasteiger partial charge is 0.404 e. The van der Waals surface area contributed by atoms with Crippen molar-refractivity contribution in [2.45, 2.75) is 56.8 Å². The number of ether oxygens (including phenoxy) is 1. The fourth-order valence-electron chi connectivity index (χ4n) is 2.51. The number of nitrogens with two attached hydrogens (primary N) is 1. The van der Waals surface area contributed by atoms with Crippen LogP contribution in [0.4, 0.5) is 4.79 Å². The van der Waals surface area contributed by atoms with Crippen LogP contribution in [0, 0.1) is 5.92 Å². The largest absolute Gasteiger partial charge is 0.444 e. The van der Waals surface area contributed by atoms with Gasteiger partial charge in [-0.3, -0.25) is 0 Å². The molecule has 0 spiro atoms. The van der Waals surface area contributed by atoms with Crippen molar-refractivity contribution in [1.29, 1.82) is 0 Å². The molecule has 0 aromatic rings. The van der Waals surface area contributed by atoms with Crippen LogP contribution in [-0.4, -0.2) is 46.3 Å². The van der Waals surface area contributed by atoms with Gasteiger partial charge in [0, 0.05) is 0 Å². The molecular weight excluding hydrogens is 238 g/mol. The number of carbonyl (C=O) groups excluding carboxylic acids is 1. The van der Waals surface area contributed by atoms with Gasteiger partial charge in [0.25, 0.3) is 0 Å². The lowest BCUT2D eigenvalue weighted by Crippen LogP contribution is -2.44. The first kappa shape index (κ1) is 15.2. The summed E-state index contributed by atoms with van der Waals surface area (Å²) in [6.45, 7) is -0.579. The van der Waals surface area contributed by atoms with Crippen LogP contribution < -0.4 is 5.73 Å². The van der Waals surface area contributed by atoms with Gasteiger partial charge in [-0.15, -0.1) is 0 Å². The second-order valence-corrected chi connectivity index (χ2v) is 4.96. The molecule has 0 aromatic carbocycles. The zero-order valence-corrected chi connectivity index (χ0v) is 10.5. The van der Waals surface area contributed by atoms with Gasteiger partial charge in [-0.25, -0.2) is 4.79 Å². The molecule has 106 valence electrons. The van der Waals surface area contributed by atoms with Crippen LogP contribution in [0.15, 0.2) is 0 Å². The first-order valence-corrected chi connectivity index (χ1v) is 6.47. The summed E-state index contributed by atoms with van der Waals surface area (Å²) in [4.78, 5) is 10.8. The molecule has 1 rings (SSSR count). The number of aliphatic hydroxyl groups excluding tert-OH is 3. The summed E-state index contributed by atoms with van der Waals surface area (Å²) < 4.78 is 4.86. The summed E-state index contributed by atoms with van der Waals surface area (Å²) in [5, 5.41) is 28.0. The van der Waals surface area contributed by atoms with E-state index < -0.39 is 31.0 Å². The first-order chi connectivity index (χ1) is 8.54. The van der Waals surface area contributed by atoms with Crippen LogP contribution in [0.2, 0.25) is 0 Å². The van der Waals surface area contributed by atoms with Crippen molar-refractivity contribution < 1.29 is 24.9 Å². The molecular formula is C12H23NO5. The Labute approximate surface area is 107 Å². The number of carbonyl (C=O) groups is 1. The Balaban J connectivity index is 2.55. The molecule has 0 bridgehead atoms. The third kappa shape index (κ3) is 4.80. The van der Waals surface area contributed by atoms with Crippen molar-refractivity contribution in [2.75, 3.05) is 6.61 Å². The molecule has 3 atom stereocenters. The van der Waals surface area contributed by atoms with E-state index >= 15 is 0 Å². The van der Waals surface area contributed by atoms with Crippen LogP contribution in [0.3, 0.4) is 0 Å². The molecule has 5 N–H and O–H groups in total. The van der Waals surface area contributed by atoms with Crippen LogP contribution in [-0.2, 0) is 4.74 Å². The molecule has 18 heavy (non-hydrogen) atoms. The highest BCUT2D eigenvalue weighted by molar-refractivity contribution is 5.64. The summed E-state index contributed by atoms with van der Waals surface area (Å²) in [5.74, 6) is 0.364. The van der Waals surface area contributed by atoms with Gasteiger partial charge in [0.2, 0.25) is 0 Å². The Kier molecular flexibility index (Phi) is 6.38. The van der Waals surface area contributed by atoms with Gasteiger partial charge in [0.1, 0.15) is 18.3 Å². The summed E-state index contributed by atoms with van der Waals surface area (Å²) in [7, 11) is 0. The van der Waals surface area contributed by atoms with Crippen molar-refractivity contribution in [3.8, 4) is 0 Å².